The summed E-state index contributed by atoms with van der Waals surface area (Å²) in [6.45, 7) is 1.02. The molecule has 5 nitrogen and oxygen atoms in total. The Balaban J connectivity index is 1.95. The Morgan fingerprint density at radius 3 is 2.85 bits per heavy atom. The number of morpholine rings is 1. The van der Waals surface area contributed by atoms with E-state index >= 15 is 0 Å². The summed E-state index contributed by atoms with van der Waals surface area (Å²) in [5.74, 6) is -1.11. The molecule has 1 saturated heterocycles. The van der Waals surface area contributed by atoms with Gasteiger partial charge >= 0.3 is 6.18 Å². The van der Waals surface area contributed by atoms with Gasteiger partial charge in [0.1, 0.15) is 11.6 Å². The minimum atomic E-state index is -4.59. The summed E-state index contributed by atoms with van der Waals surface area (Å²) >= 11 is 0. The van der Waals surface area contributed by atoms with Crippen LogP contribution in [0, 0.1) is 0 Å². The van der Waals surface area contributed by atoms with Gasteiger partial charge in [0.25, 0.3) is 0 Å². The van der Waals surface area contributed by atoms with Crippen LogP contribution in [0.5, 0.6) is 0 Å². The summed E-state index contributed by atoms with van der Waals surface area (Å²) < 4.78 is 43.9. The summed E-state index contributed by atoms with van der Waals surface area (Å²) in [5.41, 5.74) is 5.49. The van der Waals surface area contributed by atoms with Gasteiger partial charge in [-0.2, -0.15) is 13.2 Å². The summed E-state index contributed by atoms with van der Waals surface area (Å²) in [7, 11) is 0. The summed E-state index contributed by atoms with van der Waals surface area (Å²) in [6.07, 6.45) is -1.66. The standard InChI is InChI=1S/C12H15F3N4O/c13-12(14,15)11-17-9(16)6-10(18-11)19-4-5-20-8-3-1-2-7(8)19/h6-8H,1-5H2,(H2,16,17,18). The van der Waals surface area contributed by atoms with Crippen molar-refractivity contribution in [3.63, 3.8) is 0 Å². The van der Waals surface area contributed by atoms with Gasteiger partial charge in [-0.1, -0.05) is 0 Å². The average Bonchev–Trinajstić information content (AvgIpc) is 2.84. The number of nitrogens with two attached hydrogens (primary N) is 1. The predicted octanol–water partition coefficient (Wildman–Crippen LogP) is 1.84. The molecule has 3 rings (SSSR count). The van der Waals surface area contributed by atoms with Gasteiger partial charge in [0, 0.05) is 12.6 Å². The van der Waals surface area contributed by atoms with Crippen molar-refractivity contribution in [2.24, 2.45) is 0 Å². The number of rotatable bonds is 1. The first-order chi connectivity index (χ1) is 9.45. The molecule has 8 heteroatoms. The van der Waals surface area contributed by atoms with Gasteiger partial charge in [0.2, 0.25) is 5.82 Å². The van der Waals surface area contributed by atoms with Crippen LogP contribution < -0.4 is 10.6 Å². The molecule has 1 saturated carbocycles. The van der Waals surface area contributed by atoms with Crippen LogP contribution in [0.1, 0.15) is 25.1 Å². The summed E-state index contributed by atoms with van der Waals surface area (Å²) in [4.78, 5) is 8.78. The normalized spacial score (nSPS) is 26.6. The van der Waals surface area contributed by atoms with Crippen LogP contribution in [0.15, 0.2) is 6.07 Å². The maximum atomic E-state index is 12.8. The SMILES string of the molecule is Nc1cc(N2CCOC3CCCC32)nc(C(F)(F)F)n1. The second-order valence-corrected chi connectivity index (χ2v) is 5.07. The highest BCUT2D eigenvalue weighted by Crippen LogP contribution is 2.34. The number of hydrogen-bond donors (Lipinski definition) is 1. The number of fused-ring (bicyclic) bond motifs is 1. The first-order valence-corrected chi connectivity index (χ1v) is 6.55. The zero-order chi connectivity index (χ0) is 14.3. The van der Waals surface area contributed by atoms with E-state index in [1.807, 2.05) is 4.90 Å². The molecule has 0 radical (unpaired) electrons. The lowest BCUT2D eigenvalue weighted by Gasteiger charge is -2.38. The topological polar surface area (TPSA) is 64.3 Å². The lowest BCUT2D eigenvalue weighted by Crippen LogP contribution is -2.49. The van der Waals surface area contributed by atoms with Crippen LogP contribution in [-0.4, -0.2) is 35.3 Å². The fourth-order valence-corrected chi connectivity index (χ4v) is 2.94. The Kier molecular flexibility index (Phi) is 3.19. The van der Waals surface area contributed by atoms with E-state index in [4.69, 9.17) is 10.5 Å². The maximum absolute atomic E-state index is 12.8. The predicted molar refractivity (Wildman–Crippen MR) is 66.2 cm³/mol. The third-order valence-electron chi connectivity index (χ3n) is 3.76. The number of nitrogens with zero attached hydrogens (tertiary/aromatic N) is 3. The van der Waals surface area contributed by atoms with Gasteiger partial charge in [-0.05, 0) is 19.3 Å². The molecule has 0 aromatic carbocycles. The van der Waals surface area contributed by atoms with Crippen molar-refractivity contribution >= 4 is 11.6 Å². The average molecular weight is 288 g/mol. The van der Waals surface area contributed by atoms with E-state index in [1.54, 1.807) is 0 Å². The second-order valence-electron chi connectivity index (χ2n) is 5.07. The molecular formula is C12H15F3N4O. The molecule has 20 heavy (non-hydrogen) atoms. The van der Waals surface area contributed by atoms with Crippen LogP contribution in [0.25, 0.3) is 0 Å². The van der Waals surface area contributed by atoms with E-state index in [9.17, 15) is 13.2 Å². The number of anilines is 2. The largest absolute Gasteiger partial charge is 0.451 e. The minimum Gasteiger partial charge on any atom is -0.384 e. The van der Waals surface area contributed by atoms with Crippen LogP contribution in [-0.2, 0) is 10.9 Å². The Bertz CT molecular complexity index is 508. The van der Waals surface area contributed by atoms with Crippen molar-refractivity contribution in [1.29, 1.82) is 0 Å². The van der Waals surface area contributed by atoms with Crippen LogP contribution in [0.2, 0.25) is 0 Å². The van der Waals surface area contributed by atoms with Crippen molar-refractivity contribution in [1.82, 2.24) is 9.97 Å². The van der Waals surface area contributed by atoms with Crippen LogP contribution >= 0.6 is 0 Å². The number of alkyl halides is 3. The molecule has 1 aliphatic heterocycles. The fourth-order valence-electron chi connectivity index (χ4n) is 2.94. The molecule has 0 spiro atoms. The molecule has 2 fully saturated rings. The second kappa shape index (κ2) is 4.76. The molecule has 0 amide bonds. The third kappa shape index (κ3) is 2.39. The quantitative estimate of drug-likeness (QED) is 0.854. The minimum absolute atomic E-state index is 0.0780. The lowest BCUT2D eigenvalue weighted by atomic mass is 10.1. The molecule has 1 aliphatic carbocycles. The van der Waals surface area contributed by atoms with Crippen LogP contribution in [0.3, 0.4) is 0 Å². The molecule has 2 N–H and O–H groups in total. The van der Waals surface area contributed by atoms with Gasteiger partial charge in [0.15, 0.2) is 0 Å². The van der Waals surface area contributed by atoms with Crippen molar-refractivity contribution in [3.05, 3.63) is 11.9 Å². The Hall–Kier alpha value is -1.57. The van der Waals surface area contributed by atoms with Gasteiger partial charge < -0.3 is 15.4 Å². The molecule has 2 heterocycles. The zero-order valence-corrected chi connectivity index (χ0v) is 10.7. The van der Waals surface area contributed by atoms with Crippen molar-refractivity contribution < 1.29 is 17.9 Å². The first-order valence-electron chi connectivity index (χ1n) is 6.55. The van der Waals surface area contributed by atoms with E-state index in [0.717, 1.165) is 19.3 Å². The van der Waals surface area contributed by atoms with E-state index in [0.29, 0.717) is 13.2 Å². The van der Waals surface area contributed by atoms with Crippen molar-refractivity contribution in [2.75, 3.05) is 23.8 Å². The number of nitrogen functional groups attached to an aromatic ring is 1. The van der Waals surface area contributed by atoms with Crippen LogP contribution in [0.4, 0.5) is 24.8 Å². The molecule has 2 atom stereocenters. The highest BCUT2D eigenvalue weighted by atomic mass is 19.4. The van der Waals surface area contributed by atoms with E-state index in [1.165, 1.54) is 6.07 Å². The number of halogens is 3. The van der Waals surface area contributed by atoms with E-state index in [-0.39, 0.29) is 23.8 Å². The molecule has 1 aromatic heterocycles. The van der Waals surface area contributed by atoms with Gasteiger partial charge in [-0.25, -0.2) is 9.97 Å². The monoisotopic (exact) mass is 288 g/mol. The molecule has 110 valence electrons. The summed E-state index contributed by atoms with van der Waals surface area (Å²) in [5, 5.41) is 0. The molecular weight excluding hydrogens is 273 g/mol. The number of ether oxygens (including phenoxy) is 1. The molecule has 0 bridgehead atoms. The van der Waals surface area contributed by atoms with Crippen molar-refractivity contribution in [3.8, 4) is 0 Å². The summed E-state index contributed by atoms with van der Waals surface area (Å²) in [6, 6.07) is 1.48. The molecule has 2 aliphatic rings. The fraction of sp³-hybridized carbons (Fsp3) is 0.667. The zero-order valence-electron chi connectivity index (χ0n) is 10.7. The Morgan fingerprint density at radius 2 is 2.10 bits per heavy atom. The van der Waals surface area contributed by atoms with E-state index in [2.05, 4.69) is 9.97 Å². The number of aromatic nitrogens is 2. The first kappa shape index (κ1) is 13.4. The van der Waals surface area contributed by atoms with E-state index < -0.39 is 12.0 Å². The Morgan fingerprint density at radius 1 is 1.30 bits per heavy atom. The highest BCUT2D eigenvalue weighted by Gasteiger charge is 2.39. The number of hydrogen-bond acceptors (Lipinski definition) is 5. The molecule has 2 unspecified atom stereocenters. The van der Waals surface area contributed by atoms with Gasteiger partial charge in [0.05, 0.1) is 18.8 Å². The van der Waals surface area contributed by atoms with Crippen molar-refractivity contribution in [2.45, 2.75) is 37.6 Å². The maximum Gasteiger partial charge on any atom is 0.451 e. The smallest absolute Gasteiger partial charge is 0.384 e. The van der Waals surface area contributed by atoms with Gasteiger partial charge in [-0.3, -0.25) is 0 Å². The highest BCUT2D eigenvalue weighted by molar-refractivity contribution is 5.49. The van der Waals surface area contributed by atoms with Gasteiger partial charge in [-0.15, -0.1) is 0 Å². The lowest BCUT2D eigenvalue weighted by molar-refractivity contribution is -0.144. The Labute approximate surface area is 113 Å². The third-order valence-corrected chi connectivity index (χ3v) is 3.76. The molecule has 1 aromatic rings.